The molecule has 4 aliphatic carbocycles. The first-order valence-corrected chi connectivity index (χ1v) is 16.4. The van der Waals surface area contributed by atoms with Crippen LogP contribution >= 0.6 is 11.6 Å². The molecule has 0 aliphatic heterocycles. The quantitative estimate of drug-likeness (QED) is 0.116. The first-order valence-electron chi connectivity index (χ1n) is 15.9. The summed E-state index contributed by atoms with van der Waals surface area (Å²) in [5.41, 5.74) is 2.02. The first kappa shape index (κ1) is 30.8. The standard InChI is InChI=1S/C32H54ClN3O3/c1-21(2)7-6-8-22(3)26-9-10-27-29-23(13-17-34-30(38)36(35-39)18-16-33)19-24-20-25(37)11-14-31(24,4)28(29)12-15-32(26,27)5/h19,21-23,25-29,37H,6-18,20H2,1-5H3,(H,34,38)/t22-,23?,25+,26-,27?,28?,29?,31+,32-/m1/s1. The zero-order valence-corrected chi connectivity index (χ0v) is 25.9. The maximum absolute atomic E-state index is 12.5. The predicted molar refractivity (Wildman–Crippen MR) is 159 cm³/mol. The SMILES string of the molecule is CC(C)CCC[C@@H](C)[C@H]1CCC2C3C(CCNC(=O)N(CCCl)N=O)C=C4C[C@@H](O)CC[C@]4(C)C3CC[C@@]21C. The number of nitroso groups, excluding NO2 is 1. The number of amides is 2. The van der Waals surface area contributed by atoms with Crippen LogP contribution in [0.5, 0.6) is 0 Å². The van der Waals surface area contributed by atoms with Crippen molar-refractivity contribution in [1.82, 2.24) is 10.3 Å². The molecule has 0 aromatic rings. The number of fused-ring (bicyclic) bond motifs is 5. The number of hydrogen-bond donors (Lipinski definition) is 2. The highest BCUT2D eigenvalue weighted by atomic mass is 35.5. The van der Waals surface area contributed by atoms with Gasteiger partial charge in [0.2, 0.25) is 0 Å². The van der Waals surface area contributed by atoms with E-state index in [0.29, 0.717) is 35.6 Å². The molecular weight excluding hydrogens is 510 g/mol. The van der Waals surface area contributed by atoms with Crippen molar-refractivity contribution >= 4 is 17.6 Å². The number of alkyl halides is 1. The number of allylic oxidation sites excluding steroid dienone is 1. The Balaban J connectivity index is 1.54. The van der Waals surface area contributed by atoms with Crippen LogP contribution in [0, 0.1) is 57.2 Å². The summed E-state index contributed by atoms with van der Waals surface area (Å²) in [6.45, 7) is 12.9. The van der Waals surface area contributed by atoms with Crippen LogP contribution in [0.1, 0.15) is 105 Å². The Labute approximate surface area is 242 Å². The minimum absolute atomic E-state index is 0.114. The van der Waals surface area contributed by atoms with Gasteiger partial charge in [0.25, 0.3) is 0 Å². The Kier molecular flexibility index (Phi) is 10.1. The van der Waals surface area contributed by atoms with Crippen LogP contribution in [0.2, 0.25) is 0 Å². The third-order valence-electron chi connectivity index (χ3n) is 11.8. The smallest absolute Gasteiger partial charge is 0.340 e. The second-order valence-electron chi connectivity index (χ2n) is 14.4. The van der Waals surface area contributed by atoms with Gasteiger partial charge in [0.1, 0.15) is 0 Å². The maximum Gasteiger partial charge on any atom is 0.340 e. The van der Waals surface area contributed by atoms with E-state index in [1.165, 1.54) is 50.5 Å². The van der Waals surface area contributed by atoms with Crippen LogP contribution in [0.3, 0.4) is 0 Å². The van der Waals surface area contributed by atoms with Crippen molar-refractivity contribution in [3.05, 3.63) is 16.6 Å². The molecule has 3 fully saturated rings. The lowest BCUT2D eigenvalue weighted by Crippen LogP contribution is -2.53. The number of halogens is 1. The third kappa shape index (κ3) is 6.22. The van der Waals surface area contributed by atoms with Crippen LogP contribution in [0.15, 0.2) is 16.9 Å². The molecule has 7 heteroatoms. The molecule has 4 aliphatic rings. The van der Waals surface area contributed by atoms with E-state index < -0.39 is 6.03 Å². The molecule has 0 radical (unpaired) electrons. The molecule has 39 heavy (non-hydrogen) atoms. The van der Waals surface area contributed by atoms with E-state index in [2.05, 4.69) is 51.3 Å². The molecule has 0 spiro atoms. The van der Waals surface area contributed by atoms with Crippen molar-refractivity contribution in [3.8, 4) is 0 Å². The van der Waals surface area contributed by atoms with Gasteiger partial charge in [0.05, 0.1) is 17.9 Å². The lowest BCUT2D eigenvalue weighted by Gasteiger charge is -2.60. The predicted octanol–water partition coefficient (Wildman–Crippen LogP) is 7.94. The Morgan fingerprint density at radius 2 is 1.92 bits per heavy atom. The molecule has 0 heterocycles. The van der Waals surface area contributed by atoms with Crippen molar-refractivity contribution in [2.45, 2.75) is 111 Å². The van der Waals surface area contributed by atoms with Gasteiger partial charge in [-0.2, -0.15) is 5.01 Å². The summed E-state index contributed by atoms with van der Waals surface area (Å²) in [6.07, 6.45) is 15.2. The molecule has 6 nitrogen and oxygen atoms in total. The van der Waals surface area contributed by atoms with Crippen molar-refractivity contribution in [2.24, 2.45) is 57.5 Å². The summed E-state index contributed by atoms with van der Waals surface area (Å²) in [7, 11) is 0. The summed E-state index contributed by atoms with van der Waals surface area (Å²) in [6, 6.07) is -0.465. The molecule has 2 N–H and O–H groups in total. The fourth-order valence-corrected chi connectivity index (χ4v) is 9.96. The summed E-state index contributed by atoms with van der Waals surface area (Å²) < 4.78 is 0. The van der Waals surface area contributed by atoms with Crippen molar-refractivity contribution in [1.29, 1.82) is 0 Å². The van der Waals surface area contributed by atoms with Crippen LogP contribution < -0.4 is 5.32 Å². The zero-order chi connectivity index (χ0) is 28.4. The number of carbonyl (C=O) groups is 1. The van der Waals surface area contributed by atoms with Gasteiger partial charge in [-0.15, -0.1) is 16.5 Å². The number of urea groups is 1. The number of nitrogens with one attached hydrogen (secondary N) is 1. The molecule has 0 aromatic carbocycles. The average Bonchev–Trinajstić information content (AvgIpc) is 3.24. The first-order chi connectivity index (χ1) is 18.5. The number of nitrogens with zero attached hydrogens (tertiary/aromatic N) is 2. The Morgan fingerprint density at radius 3 is 2.62 bits per heavy atom. The molecule has 0 aromatic heterocycles. The highest BCUT2D eigenvalue weighted by Gasteiger charge is 2.60. The van der Waals surface area contributed by atoms with Crippen LogP contribution in [-0.4, -0.2) is 41.2 Å². The molecule has 4 rings (SSSR count). The van der Waals surface area contributed by atoms with Crippen molar-refractivity contribution in [2.75, 3.05) is 19.0 Å². The van der Waals surface area contributed by atoms with E-state index in [-0.39, 0.29) is 23.9 Å². The minimum atomic E-state index is -0.465. The number of aliphatic hydroxyl groups is 1. The molecule has 3 saturated carbocycles. The fraction of sp³-hybridized carbons (Fsp3) is 0.906. The second-order valence-corrected chi connectivity index (χ2v) is 14.8. The van der Waals surface area contributed by atoms with Gasteiger partial charge in [0, 0.05) is 12.4 Å². The lowest BCUT2D eigenvalue weighted by atomic mass is 9.44. The average molecular weight is 564 g/mol. The molecule has 0 bridgehead atoms. The minimum Gasteiger partial charge on any atom is -0.393 e. The second kappa shape index (κ2) is 12.8. The van der Waals surface area contributed by atoms with E-state index in [4.69, 9.17) is 11.6 Å². The number of rotatable bonds is 11. The van der Waals surface area contributed by atoms with E-state index in [0.717, 1.165) is 48.4 Å². The fourth-order valence-electron chi connectivity index (χ4n) is 9.80. The molecule has 0 saturated heterocycles. The van der Waals surface area contributed by atoms with Crippen LogP contribution in [0.4, 0.5) is 4.79 Å². The topological polar surface area (TPSA) is 82.0 Å². The van der Waals surface area contributed by atoms with Gasteiger partial charge >= 0.3 is 6.03 Å². The van der Waals surface area contributed by atoms with Crippen molar-refractivity contribution < 1.29 is 9.90 Å². The molecule has 4 unspecified atom stereocenters. The Bertz CT molecular complexity index is 896. The Morgan fingerprint density at radius 1 is 1.15 bits per heavy atom. The van der Waals surface area contributed by atoms with E-state index >= 15 is 0 Å². The van der Waals surface area contributed by atoms with Crippen molar-refractivity contribution in [3.63, 3.8) is 0 Å². The molecule has 222 valence electrons. The van der Waals surface area contributed by atoms with Gasteiger partial charge in [-0.1, -0.05) is 65.5 Å². The summed E-state index contributed by atoms with van der Waals surface area (Å²) in [5.74, 6) is 4.87. The van der Waals surface area contributed by atoms with Crippen LogP contribution in [-0.2, 0) is 0 Å². The van der Waals surface area contributed by atoms with E-state index in [1.807, 2.05) is 0 Å². The van der Waals surface area contributed by atoms with Gasteiger partial charge in [-0.25, -0.2) is 4.79 Å². The van der Waals surface area contributed by atoms with Gasteiger partial charge in [-0.05, 0) is 104 Å². The van der Waals surface area contributed by atoms with E-state index in [9.17, 15) is 14.8 Å². The van der Waals surface area contributed by atoms with E-state index in [1.54, 1.807) is 0 Å². The highest BCUT2D eigenvalue weighted by Crippen LogP contribution is 2.68. The maximum atomic E-state index is 12.5. The number of aliphatic hydroxyl groups excluding tert-OH is 1. The summed E-state index contributed by atoms with van der Waals surface area (Å²) in [5, 5.41) is 17.2. The number of carbonyl (C=O) groups excluding carboxylic acids is 1. The molecule has 2 amide bonds. The largest absolute Gasteiger partial charge is 0.393 e. The van der Waals surface area contributed by atoms with Gasteiger partial charge in [0.15, 0.2) is 0 Å². The normalized spacial score (nSPS) is 38.3. The Hall–Kier alpha value is -1.14. The zero-order valence-electron chi connectivity index (χ0n) is 25.1. The monoisotopic (exact) mass is 563 g/mol. The highest BCUT2D eigenvalue weighted by molar-refractivity contribution is 6.18. The van der Waals surface area contributed by atoms with Crippen LogP contribution in [0.25, 0.3) is 0 Å². The molecule has 9 atom stereocenters. The summed E-state index contributed by atoms with van der Waals surface area (Å²) in [4.78, 5) is 23.6. The van der Waals surface area contributed by atoms with Gasteiger partial charge < -0.3 is 10.4 Å². The lowest BCUT2D eigenvalue weighted by molar-refractivity contribution is -0.0767. The summed E-state index contributed by atoms with van der Waals surface area (Å²) >= 11 is 5.73. The number of hydrogen-bond acceptors (Lipinski definition) is 4. The third-order valence-corrected chi connectivity index (χ3v) is 12.0. The molecular formula is C32H54ClN3O3. The van der Waals surface area contributed by atoms with Gasteiger partial charge in [-0.3, -0.25) is 0 Å².